The van der Waals surface area contributed by atoms with E-state index in [1.165, 1.54) is 11.3 Å². The van der Waals surface area contributed by atoms with Crippen LogP contribution in [0.3, 0.4) is 0 Å². The Morgan fingerprint density at radius 3 is 2.68 bits per heavy atom. The normalized spacial score (nSPS) is 38.0. The number of aliphatic hydroxyl groups is 2. The number of thiazole rings is 1. The van der Waals surface area contributed by atoms with E-state index in [1.54, 1.807) is 11.3 Å². The number of fused-ring (bicyclic) bond motifs is 2. The first-order valence-corrected chi connectivity index (χ1v) is 11.6. The molecule has 2 heterocycles. The van der Waals surface area contributed by atoms with Crippen LogP contribution in [0.1, 0.15) is 73.9 Å². The Balaban J connectivity index is 1.71. The predicted octanol–water partition coefficient (Wildman–Crippen LogP) is 3.27. The second-order valence-electron chi connectivity index (χ2n) is 9.72. The van der Waals surface area contributed by atoms with Crippen molar-refractivity contribution in [2.45, 2.75) is 77.7 Å². The quantitative estimate of drug-likeness (QED) is 0.808. The van der Waals surface area contributed by atoms with Crippen molar-refractivity contribution in [2.24, 2.45) is 16.7 Å². The molecule has 2 fully saturated rings. The van der Waals surface area contributed by atoms with Gasteiger partial charge in [-0.2, -0.15) is 0 Å². The van der Waals surface area contributed by atoms with Crippen LogP contribution in [-0.2, 0) is 11.2 Å². The maximum absolute atomic E-state index is 13.2. The molecule has 156 valence electrons. The molecule has 1 aliphatic heterocycles. The van der Waals surface area contributed by atoms with Crippen molar-refractivity contribution in [1.82, 2.24) is 9.88 Å². The molecule has 3 aliphatic rings. The first kappa shape index (κ1) is 20.3. The van der Waals surface area contributed by atoms with Gasteiger partial charge in [0.25, 0.3) is 0 Å². The number of hydrogen-bond donors (Lipinski definition) is 2. The molecule has 5 unspecified atom stereocenters. The van der Waals surface area contributed by atoms with Gasteiger partial charge in [-0.3, -0.25) is 4.79 Å². The second-order valence-corrected chi connectivity index (χ2v) is 11.0. The van der Waals surface area contributed by atoms with E-state index < -0.39 is 11.5 Å². The summed E-state index contributed by atoms with van der Waals surface area (Å²) < 4.78 is 0. The molecule has 5 nitrogen and oxygen atoms in total. The number of aryl methyl sites for hydroxylation is 1. The Labute approximate surface area is 172 Å². The minimum Gasteiger partial charge on any atom is -0.396 e. The fraction of sp³-hybridized carbons (Fsp3) is 0.818. The molecule has 0 radical (unpaired) electrons. The van der Waals surface area contributed by atoms with Gasteiger partial charge in [0.05, 0.1) is 23.4 Å². The van der Waals surface area contributed by atoms with Crippen LogP contribution in [0.2, 0.25) is 0 Å². The molecule has 0 spiro atoms. The van der Waals surface area contributed by atoms with Crippen molar-refractivity contribution in [3.05, 3.63) is 15.6 Å². The lowest BCUT2D eigenvalue weighted by Gasteiger charge is -2.58. The molecule has 6 heteroatoms. The lowest BCUT2D eigenvalue weighted by Crippen LogP contribution is -2.57. The zero-order chi connectivity index (χ0) is 20.1. The van der Waals surface area contributed by atoms with E-state index in [4.69, 9.17) is 4.98 Å². The zero-order valence-corrected chi connectivity index (χ0v) is 18.2. The van der Waals surface area contributed by atoms with E-state index in [0.29, 0.717) is 12.8 Å². The molecule has 1 saturated heterocycles. The summed E-state index contributed by atoms with van der Waals surface area (Å²) in [5, 5.41) is 22.1. The number of carbonyl (C=O) groups is 1. The lowest BCUT2D eigenvalue weighted by atomic mass is 9.47. The Hall–Kier alpha value is -0.980. The van der Waals surface area contributed by atoms with Gasteiger partial charge in [-0.25, -0.2) is 4.98 Å². The van der Waals surface area contributed by atoms with Gasteiger partial charge in [-0.1, -0.05) is 13.8 Å². The number of aromatic nitrogens is 1. The van der Waals surface area contributed by atoms with Crippen LogP contribution < -0.4 is 0 Å². The monoisotopic (exact) mass is 406 g/mol. The van der Waals surface area contributed by atoms with Crippen LogP contribution in [0.4, 0.5) is 0 Å². The summed E-state index contributed by atoms with van der Waals surface area (Å²) in [7, 11) is 0. The van der Waals surface area contributed by atoms with E-state index in [9.17, 15) is 15.0 Å². The maximum Gasteiger partial charge on any atom is 0.223 e. The first-order valence-electron chi connectivity index (χ1n) is 10.8. The van der Waals surface area contributed by atoms with Crippen molar-refractivity contribution in [2.75, 3.05) is 19.7 Å². The van der Waals surface area contributed by atoms with Gasteiger partial charge in [0.15, 0.2) is 0 Å². The molecule has 2 aliphatic carbocycles. The molecule has 1 aromatic rings. The number of aliphatic hydroxyl groups excluding tert-OH is 2. The second kappa shape index (κ2) is 7.37. The van der Waals surface area contributed by atoms with E-state index >= 15 is 0 Å². The number of carbonyl (C=O) groups excluding carboxylic acids is 1. The van der Waals surface area contributed by atoms with Crippen LogP contribution in [0.5, 0.6) is 0 Å². The van der Waals surface area contributed by atoms with Crippen molar-refractivity contribution < 1.29 is 15.0 Å². The fourth-order valence-corrected chi connectivity index (χ4v) is 7.26. The third-order valence-electron chi connectivity index (χ3n) is 8.09. The molecule has 2 N–H and O–H groups in total. The number of piperidine rings is 1. The van der Waals surface area contributed by atoms with E-state index in [-0.39, 0.29) is 29.8 Å². The smallest absolute Gasteiger partial charge is 0.223 e. The van der Waals surface area contributed by atoms with Gasteiger partial charge in [0, 0.05) is 35.7 Å². The van der Waals surface area contributed by atoms with Crippen LogP contribution in [-0.4, -0.2) is 51.8 Å². The van der Waals surface area contributed by atoms with Crippen molar-refractivity contribution in [1.29, 1.82) is 0 Å². The third-order valence-corrected chi connectivity index (χ3v) is 9.10. The SMILES string of the molecule is Cc1nc2c(s1)CC1C(C)(CO)C(O)CCC1(C)C2CC(=O)N1CCCCC1. The summed E-state index contributed by atoms with van der Waals surface area (Å²) in [5.74, 6) is 0.472. The molecule has 28 heavy (non-hydrogen) atoms. The number of rotatable bonds is 3. The third kappa shape index (κ3) is 3.12. The molecular formula is C22H34N2O3S. The molecule has 1 saturated carbocycles. The molecule has 0 aromatic carbocycles. The Morgan fingerprint density at radius 2 is 2.00 bits per heavy atom. The molecule has 5 atom stereocenters. The van der Waals surface area contributed by atoms with Gasteiger partial charge in [0.1, 0.15) is 0 Å². The Kier molecular flexibility index (Phi) is 5.34. The summed E-state index contributed by atoms with van der Waals surface area (Å²) in [6, 6.07) is 0. The van der Waals surface area contributed by atoms with Crippen LogP contribution >= 0.6 is 11.3 Å². The predicted molar refractivity (Wildman–Crippen MR) is 110 cm³/mol. The summed E-state index contributed by atoms with van der Waals surface area (Å²) >= 11 is 1.72. The van der Waals surface area contributed by atoms with Crippen LogP contribution in [0.25, 0.3) is 0 Å². The number of likely N-dealkylation sites (tertiary alicyclic amines) is 1. The summed E-state index contributed by atoms with van der Waals surface area (Å²) in [6.07, 6.45) is 5.83. The van der Waals surface area contributed by atoms with Gasteiger partial charge in [-0.15, -0.1) is 11.3 Å². The number of nitrogens with zero attached hydrogens (tertiary/aromatic N) is 2. The highest BCUT2D eigenvalue weighted by atomic mass is 32.1. The summed E-state index contributed by atoms with van der Waals surface area (Å²) in [4.78, 5) is 21.4. The minimum atomic E-state index is -0.533. The van der Waals surface area contributed by atoms with E-state index in [2.05, 4.69) is 6.92 Å². The molecule has 0 bridgehead atoms. The lowest BCUT2D eigenvalue weighted by molar-refractivity contribution is -0.147. The Morgan fingerprint density at radius 1 is 1.29 bits per heavy atom. The topological polar surface area (TPSA) is 73.7 Å². The summed E-state index contributed by atoms with van der Waals surface area (Å²) in [5.41, 5.74) is 0.452. The zero-order valence-electron chi connectivity index (χ0n) is 17.4. The van der Waals surface area contributed by atoms with Crippen LogP contribution in [0.15, 0.2) is 0 Å². The van der Waals surface area contributed by atoms with Crippen molar-refractivity contribution in [3.63, 3.8) is 0 Å². The van der Waals surface area contributed by atoms with E-state index in [1.807, 2.05) is 18.7 Å². The van der Waals surface area contributed by atoms with Crippen LogP contribution in [0, 0.1) is 23.7 Å². The number of amides is 1. The average molecular weight is 407 g/mol. The molecule has 1 aromatic heterocycles. The standard InChI is InChI=1S/C22H34N2O3S/c1-14-23-20-15(11-19(27)24-9-5-4-6-10-24)21(2)8-7-18(26)22(3,13-25)17(21)12-16(20)28-14/h15,17-18,25-26H,4-13H2,1-3H3. The average Bonchev–Trinajstić information content (AvgIpc) is 3.07. The van der Waals surface area contributed by atoms with Crippen molar-refractivity contribution >= 4 is 17.2 Å². The highest BCUT2D eigenvalue weighted by Crippen LogP contribution is 2.62. The Bertz CT molecular complexity index is 744. The highest BCUT2D eigenvalue weighted by Gasteiger charge is 2.59. The molecular weight excluding hydrogens is 372 g/mol. The number of hydrogen-bond acceptors (Lipinski definition) is 5. The van der Waals surface area contributed by atoms with Gasteiger partial charge < -0.3 is 15.1 Å². The van der Waals surface area contributed by atoms with E-state index in [0.717, 1.165) is 49.5 Å². The summed E-state index contributed by atoms with van der Waals surface area (Å²) in [6.45, 7) is 8.09. The van der Waals surface area contributed by atoms with Gasteiger partial charge >= 0.3 is 0 Å². The maximum atomic E-state index is 13.2. The highest BCUT2D eigenvalue weighted by molar-refractivity contribution is 7.11. The fourth-order valence-electron chi connectivity index (χ4n) is 6.21. The van der Waals surface area contributed by atoms with Gasteiger partial charge in [-0.05, 0) is 56.8 Å². The molecule has 1 amide bonds. The van der Waals surface area contributed by atoms with Gasteiger partial charge in [0.2, 0.25) is 5.91 Å². The molecule has 4 rings (SSSR count). The minimum absolute atomic E-state index is 0.0195. The first-order chi connectivity index (χ1) is 13.3. The largest absolute Gasteiger partial charge is 0.396 e. The van der Waals surface area contributed by atoms with Crippen molar-refractivity contribution in [3.8, 4) is 0 Å².